The van der Waals surface area contributed by atoms with Crippen LogP contribution in [-0.2, 0) is 0 Å². The molecule has 1 aromatic heterocycles. The van der Waals surface area contributed by atoms with Crippen LogP contribution in [0, 0.1) is 6.92 Å². The highest BCUT2D eigenvalue weighted by molar-refractivity contribution is 6.31. The van der Waals surface area contributed by atoms with Crippen molar-refractivity contribution in [3.05, 3.63) is 58.4 Å². The highest BCUT2D eigenvalue weighted by atomic mass is 35.5. The Morgan fingerprint density at radius 3 is 2.46 bits per heavy atom. The van der Waals surface area contributed by atoms with E-state index in [1.54, 1.807) is 23.1 Å². The van der Waals surface area contributed by atoms with Crippen molar-refractivity contribution in [1.82, 2.24) is 9.88 Å². The van der Waals surface area contributed by atoms with E-state index in [1.807, 2.05) is 26.8 Å². The number of pyridine rings is 1. The summed E-state index contributed by atoms with van der Waals surface area (Å²) in [6.07, 6.45) is 3.26. The molecule has 1 N–H and O–H groups in total. The molecule has 2 rings (SSSR count). The SMILES string of the molecule is CCCN(CCC)C(=O)c1ccnc(C(=O)Nc2cc(Cl)ccc2C)c1. The zero-order valence-electron chi connectivity index (χ0n) is 15.4. The number of aromatic nitrogens is 1. The predicted molar refractivity (Wildman–Crippen MR) is 105 cm³/mol. The normalized spacial score (nSPS) is 10.5. The third-order valence-electron chi connectivity index (χ3n) is 3.96. The predicted octanol–water partition coefficient (Wildman–Crippen LogP) is 4.56. The van der Waals surface area contributed by atoms with Crippen LogP contribution in [0.25, 0.3) is 0 Å². The number of aryl methyl sites for hydroxylation is 1. The van der Waals surface area contributed by atoms with Crippen molar-refractivity contribution in [2.45, 2.75) is 33.6 Å². The van der Waals surface area contributed by atoms with Gasteiger partial charge in [0.1, 0.15) is 5.69 Å². The van der Waals surface area contributed by atoms with Crippen LogP contribution in [0.1, 0.15) is 53.1 Å². The Labute approximate surface area is 159 Å². The maximum atomic E-state index is 12.7. The summed E-state index contributed by atoms with van der Waals surface area (Å²) in [5.41, 5.74) is 2.18. The zero-order chi connectivity index (χ0) is 19.1. The van der Waals surface area contributed by atoms with Gasteiger partial charge in [-0.2, -0.15) is 0 Å². The molecular weight excluding hydrogens is 350 g/mol. The van der Waals surface area contributed by atoms with Gasteiger partial charge in [0.15, 0.2) is 0 Å². The van der Waals surface area contributed by atoms with Gasteiger partial charge in [0.25, 0.3) is 11.8 Å². The summed E-state index contributed by atoms with van der Waals surface area (Å²) in [5.74, 6) is -0.452. The van der Waals surface area contributed by atoms with Gasteiger partial charge in [-0.25, -0.2) is 0 Å². The average Bonchev–Trinajstić information content (AvgIpc) is 2.64. The number of halogens is 1. The monoisotopic (exact) mass is 373 g/mol. The van der Waals surface area contributed by atoms with E-state index in [-0.39, 0.29) is 17.5 Å². The van der Waals surface area contributed by atoms with Crippen LogP contribution in [0.4, 0.5) is 5.69 Å². The topological polar surface area (TPSA) is 62.3 Å². The molecule has 2 aromatic rings. The highest BCUT2D eigenvalue weighted by Gasteiger charge is 2.17. The lowest BCUT2D eigenvalue weighted by Crippen LogP contribution is -2.32. The first-order valence-electron chi connectivity index (χ1n) is 8.79. The minimum absolute atomic E-state index is 0.0795. The molecule has 0 radical (unpaired) electrons. The van der Waals surface area contributed by atoms with E-state index >= 15 is 0 Å². The van der Waals surface area contributed by atoms with Crippen molar-refractivity contribution in [2.24, 2.45) is 0 Å². The van der Waals surface area contributed by atoms with Crippen LogP contribution >= 0.6 is 11.6 Å². The first-order chi connectivity index (χ1) is 12.5. The van der Waals surface area contributed by atoms with E-state index in [9.17, 15) is 9.59 Å². The van der Waals surface area contributed by atoms with Gasteiger partial charge in [-0.05, 0) is 49.6 Å². The molecule has 0 atom stereocenters. The van der Waals surface area contributed by atoms with Crippen molar-refractivity contribution < 1.29 is 9.59 Å². The molecule has 5 nitrogen and oxygen atoms in total. The summed E-state index contributed by atoms with van der Waals surface area (Å²) in [7, 11) is 0. The maximum Gasteiger partial charge on any atom is 0.274 e. The summed E-state index contributed by atoms with van der Waals surface area (Å²) < 4.78 is 0. The lowest BCUT2D eigenvalue weighted by molar-refractivity contribution is 0.0755. The minimum Gasteiger partial charge on any atom is -0.339 e. The van der Waals surface area contributed by atoms with Gasteiger partial charge in [-0.3, -0.25) is 14.6 Å². The Kier molecular flexibility index (Phi) is 7.16. The lowest BCUT2D eigenvalue weighted by atomic mass is 10.1. The molecule has 0 fully saturated rings. The zero-order valence-corrected chi connectivity index (χ0v) is 16.1. The molecule has 2 amide bonds. The fraction of sp³-hybridized carbons (Fsp3) is 0.350. The lowest BCUT2D eigenvalue weighted by Gasteiger charge is -2.21. The van der Waals surface area contributed by atoms with Gasteiger partial charge in [0.2, 0.25) is 0 Å². The highest BCUT2D eigenvalue weighted by Crippen LogP contribution is 2.21. The average molecular weight is 374 g/mol. The van der Waals surface area contributed by atoms with E-state index in [0.29, 0.717) is 29.4 Å². The molecule has 0 saturated carbocycles. The molecule has 0 aliphatic heterocycles. The molecule has 0 unspecified atom stereocenters. The van der Waals surface area contributed by atoms with Crippen LogP contribution in [0.15, 0.2) is 36.5 Å². The van der Waals surface area contributed by atoms with Crippen LogP contribution < -0.4 is 5.32 Å². The van der Waals surface area contributed by atoms with Gasteiger partial charge in [-0.15, -0.1) is 0 Å². The number of benzene rings is 1. The van der Waals surface area contributed by atoms with Gasteiger partial charge >= 0.3 is 0 Å². The number of nitrogens with one attached hydrogen (secondary N) is 1. The third-order valence-corrected chi connectivity index (χ3v) is 4.20. The largest absolute Gasteiger partial charge is 0.339 e. The van der Waals surface area contributed by atoms with Crippen molar-refractivity contribution >= 4 is 29.1 Å². The molecular formula is C20H24ClN3O2. The van der Waals surface area contributed by atoms with Crippen LogP contribution in [-0.4, -0.2) is 34.8 Å². The first-order valence-corrected chi connectivity index (χ1v) is 9.16. The molecule has 6 heteroatoms. The van der Waals surface area contributed by atoms with Gasteiger partial charge in [0.05, 0.1) is 0 Å². The number of carbonyl (C=O) groups excluding carboxylic acids is 2. The van der Waals surface area contributed by atoms with E-state index in [4.69, 9.17) is 11.6 Å². The number of hydrogen-bond donors (Lipinski definition) is 1. The van der Waals surface area contributed by atoms with Crippen molar-refractivity contribution in [3.63, 3.8) is 0 Å². The fourth-order valence-corrected chi connectivity index (χ4v) is 2.81. The maximum absolute atomic E-state index is 12.7. The molecule has 1 heterocycles. The van der Waals surface area contributed by atoms with Crippen molar-refractivity contribution in [2.75, 3.05) is 18.4 Å². The Morgan fingerprint density at radius 1 is 1.12 bits per heavy atom. The molecule has 1 aromatic carbocycles. The summed E-state index contributed by atoms with van der Waals surface area (Å²) in [5, 5.41) is 3.34. The second-order valence-electron chi connectivity index (χ2n) is 6.14. The number of nitrogens with zero attached hydrogens (tertiary/aromatic N) is 2. The summed E-state index contributed by atoms with van der Waals surface area (Å²) in [6, 6.07) is 8.46. The van der Waals surface area contributed by atoms with Crippen LogP contribution in [0.2, 0.25) is 5.02 Å². The number of rotatable bonds is 7. The number of carbonyl (C=O) groups is 2. The van der Waals surface area contributed by atoms with Crippen molar-refractivity contribution in [1.29, 1.82) is 0 Å². The summed E-state index contributed by atoms with van der Waals surface area (Å²) in [6.45, 7) is 7.34. The summed E-state index contributed by atoms with van der Waals surface area (Å²) >= 11 is 5.99. The van der Waals surface area contributed by atoms with Gasteiger partial charge < -0.3 is 10.2 Å². The molecule has 0 saturated heterocycles. The van der Waals surface area contributed by atoms with E-state index in [1.165, 1.54) is 12.3 Å². The Morgan fingerprint density at radius 2 is 1.81 bits per heavy atom. The quantitative estimate of drug-likeness (QED) is 0.773. The minimum atomic E-state index is -0.373. The van der Waals surface area contributed by atoms with Gasteiger partial charge in [0, 0.05) is 35.6 Å². The third kappa shape index (κ3) is 5.05. The molecule has 26 heavy (non-hydrogen) atoms. The fourth-order valence-electron chi connectivity index (χ4n) is 2.64. The van der Waals surface area contributed by atoms with Crippen LogP contribution in [0.5, 0.6) is 0 Å². The Hall–Kier alpha value is -2.40. The first kappa shape index (κ1) is 19.9. The van der Waals surface area contributed by atoms with Crippen LogP contribution in [0.3, 0.4) is 0 Å². The second-order valence-corrected chi connectivity index (χ2v) is 6.57. The Balaban J connectivity index is 2.21. The standard InChI is InChI=1S/C20H24ClN3O2/c1-4-10-24(11-5-2)20(26)15-8-9-22-18(12-15)19(25)23-17-13-16(21)7-6-14(17)3/h6-9,12-13H,4-5,10-11H2,1-3H3,(H,23,25). The molecule has 0 spiro atoms. The van der Waals surface area contributed by atoms with Gasteiger partial charge in [-0.1, -0.05) is 31.5 Å². The molecule has 138 valence electrons. The van der Waals surface area contributed by atoms with Crippen molar-refractivity contribution in [3.8, 4) is 0 Å². The smallest absolute Gasteiger partial charge is 0.274 e. The van der Waals surface area contributed by atoms with E-state index in [2.05, 4.69) is 10.3 Å². The second kappa shape index (κ2) is 9.34. The molecule has 0 bridgehead atoms. The summed E-state index contributed by atoms with van der Waals surface area (Å²) in [4.78, 5) is 31.1. The molecule has 0 aliphatic rings. The van der Waals surface area contributed by atoms with E-state index < -0.39 is 0 Å². The van der Waals surface area contributed by atoms with E-state index in [0.717, 1.165) is 18.4 Å². The number of anilines is 1. The number of hydrogen-bond acceptors (Lipinski definition) is 3. The number of amides is 2. The Bertz CT molecular complexity index is 786. The molecule has 0 aliphatic carbocycles.